The van der Waals surface area contributed by atoms with Crippen molar-refractivity contribution in [3.63, 3.8) is 0 Å². The van der Waals surface area contributed by atoms with Crippen LogP contribution in [0.1, 0.15) is 45.1 Å². The van der Waals surface area contributed by atoms with E-state index in [9.17, 15) is 0 Å². The maximum absolute atomic E-state index is 5.45. The zero-order chi connectivity index (χ0) is 18.1. The maximum Gasteiger partial charge on any atom is 0.121 e. The minimum absolute atomic E-state index is 0.880. The van der Waals surface area contributed by atoms with E-state index in [-0.39, 0.29) is 0 Å². The van der Waals surface area contributed by atoms with Crippen molar-refractivity contribution in [3.8, 4) is 5.75 Å². The summed E-state index contributed by atoms with van der Waals surface area (Å²) in [6.45, 7) is 11.1. The van der Waals surface area contributed by atoms with Crippen molar-refractivity contribution in [1.82, 2.24) is 9.88 Å². The molecule has 0 aliphatic heterocycles. The highest BCUT2D eigenvalue weighted by molar-refractivity contribution is 5.93. The number of aryl methyl sites for hydroxylation is 1. The SMILES string of the molecule is CCN(CC)CCCCCCNc1cc(O[14CH3])cc2c(C)ccnc12. The molecule has 0 saturated heterocycles. The van der Waals surface area contributed by atoms with Crippen molar-refractivity contribution < 1.29 is 4.74 Å². The minimum Gasteiger partial charge on any atom is -0.497 e. The second-order valence-electron chi connectivity index (χ2n) is 6.57. The summed E-state index contributed by atoms with van der Waals surface area (Å²) in [5, 5.41) is 4.71. The molecule has 0 aliphatic rings. The lowest BCUT2D eigenvalue weighted by Gasteiger charge is -2.17. The first-order chi connectivity index (χ1) is 12.2. The largest absolute Gasteiger partial charge is 0.497 e. The predicted octanol–water partition coefficient (Wildman–Crippen LogP) is 4.87. The molecule has 0 bridgehead atoms. The Morgan fingerprint density at radius 2 is 1.88 bits per heavy atom. The summed E-state index contributed by atoms with van der Waals surface area (Å²) in [4.78, 5) is 7.06. The summed E-state index contributed by atoms with van der Waals surface area (Å²) < 4.78 is 5.45. The van der Waals surface area contributed by atoms with Crippen LogP contribution >= 0.6 is 0 Å². The van der Waals surface area contributed by atoms with Gasteiger partial charge in [0.25, 0.3) is 0 Å². The molecule has 0 spiro atoms. The van der Waals surface area contributed by atoms with Crippen molar-refractivity contribution in [1.29, 1.82) is 0 Å². The first kappa shape index (κ1) is 19.5. The molecule has 0 radical (unpaired) electrons. The van der Waals surface area contributed by atoms with Gasteiger partial charge in [0.1, 0.15) is 5.75 Å². The van der Waals surface area contributed by atoms with Gasteiger partial charge >= 0.3 is 0 Å². The van der Waals surface area contributed by atoms with Gasteiger partial charge in [-0.15, -0.1) is 0 Å². The molecule has 0 fully saturated rings. The van der Waals surface area contributed by atoms with Crippen molar-refractivity contribution >= 4 is 16.6 Å². The van der Waals surface area contributed by atoms with E-state index >= 15 is 0 Å². The highest BCUT2D eigenvalue weighted by Gasteiger charge is 2.07. The molecule has 2 aromatic rings. The monoisotopic (exact) mass is 345 g/mol. The van der Waals surface area contributed by atoms with E-state index in [4.69, 9.17) is 4.74 Å². The van der Waals surface area contributed by atoms with Crippen molar-refractivity contribution in [2.45, 2.75) is 46.5 Å². The van der Waals surface area contributed by atoms with E-state index in [1.807, 2.05) is 12.3 Å². The molecular weight excluding hydrogens is 312 g/mol. The van der Waals surface area contributed by atoms with Crippen LogP contribution in [-0.2, 0) is 0 Å². The van der Waals surface area contributed by atoms with Crippen LogP contribution in [0.3, 0.4) is 0 Å². The van der Waals surface area contributed by atoms with Crippen LogP contribution < -0.4 is 10.1 Å². The molecule has 0 saturated carbocycles. The molecule has 0 atom stereocenters. The van der Waals surface area contributed by atoms with Gasteiger partial charge in [-0.25, -0.2) is 0 Å². The lowest BCUT2D eigenvalue weighted by Crippen LogP contribution is -2.23. The summed E-state index contributed by atoms with van der Waals surface area (Å²) in [6, 6.07) is 6.16. The first-order valence-corrected chi connectivity index (χ1v) is 9.59. The number of unbranched alkanes of at least 4 members (excludes halogenated alkanes) is 3. The number of methoxy groups -OCH3 is 1. The lowest BCUT2D eigenvalue weighted by atomic mass is 10.1. The molecule has 0 aliphatic carbocycles. The molecule has 1 N–H and O–H groups in total. The van der Waals surface area contributed by atoms with Gasteiger partial charge in [0.05, 0.1) is 18.3 Å². The van der Waals surface area contributed by atoms with Gasteiger partial charge in [-0.3, -0.25) is 4.98 Å². The number of hydrogen-bond acceptors (Lipinski definition) is 4. The quantitative estimate of drug-likeness (QED) is 0.590. The fraction of sp³-hybridized carbons (Fsp3) is 0.571. The summed E-state index contributed by atoms with van der Waals surface area (Å²) >= 11 is 0. The zero-order valence-corrected chi connectivity index (χ0v) is 16.3. The van der Waals surface area contributed by atoms with E-state index in [1.165, 1.54) is 37.8 Å². The molecule has 0 amide bonds. The lowest BCUT2D eigenvalue weighted by molar-refractivity contribution is 0.295. The van der Waals surface area contributed by atoms with Gasteiger partial charge in [-0.1, -0.05) is 26.7 Å². The Morgan fingerprint density at radius 1 is 1.12 bits per heavy atom. The average Bonchev–Trinajstić information content (AvgIpc) is 2.64. The van der Waals surface area contributed by atoms with Crippen LogP contribution in [0.4, 0.5) is 5.69 Å². The smallest absolute Gasteiger partial charge is 0.121 e. The van der Waals surface area contributed by atoms with Gasteiger partial charge in [-0.2, -0.15) is 0 Å². The molecule has 1 aromatic carbocycles. The highest BCUT2D eigenvalue weighted by Crippen LogP contribution is 2.29. The Kier molecular flexibility index (Phi) is 7.99. The Balaban J connectivity index is 1.84. The molecule has 4 heteroatoms. The number of rotatable bonds is 11. The Labute approximate surface area is 152 Å². The standard InChI is InChI=1S/C21H33N3O/c1-5-24(6-2)14-10-8-7-9-12-22-20-16-18(25-4)15-19-17(3)11-13-23-21(19)20/h11,13,15-16,22H,5-10,12,14H2,1-4H3/i4+2. The average molecular weight is 346 g/mol. The number of fused-ring (bicyclic) bond motifs is 1. The molecule has 138 valence electrons. The second-order valence-corrected chi connectivity index (χ2v) is 6.57. The van der Waals surface area contributed by atoms with Crippen LogP contribution in [0.5, 0.6) is 5.75 Å². The predicted molar refractivity (Wildman–Crippen MR) is 108 cm³/mol. The van der Waals surface area contributed by atoms with Crippen LogP contribution in [0.25, 0.3) is 10.9 Å². The summed E-state index contributed by atoms with van der Waals surface area (Å²) in [5.74, 6) is 0.880. The van der Waals surface area contributed by atoms with Crippen LogP contribution in [0.15, 0.2) is 24.4 Å². The molecule has 1 heterocycles. The van der Waals surface area contributed by atoms with Crippen LogP contribution in [-0.4, -0.2) is 43.2 Å². The van der Waals surface area contributed by atoms with Crippen LogP contribution in [0.2, 0.25) is 0 Å². The minimum atomic E-state index is 0.880. The first-order valence-electron chi connectivity index (χ1n) is 9.59. The van der Waals surface area contributed by atoms with E-state index in [0.29, 0.717) is 0 Å². The fourth-order valence-electron chi connectivity index (χ4n) is 3.19. The molecule has 25 heavy (non-hydrogen) atoms. The number of anilines is 1. The van der Waals surface area contributed by atoms with Crippen molar-refractivity contribution in [3.05, 3.63) is 30.0 Å². The number of benzene rings is 1. The molecule has 2 rings (SSSR count). The number of ether oxygens (including phenoxy) is 1. The zero-order valence-electron chi connectivity index (χ0n) is 16.3. The third kappa shape index (κ3) is 5.60. The maximum atomic E-state index is 5.45. The van der Waals surface area contributed by atoms with E-state index < -0.39 is 0 Å². The van der Waals surface area contributed by atoms with Gasteiger partial charge in [0.2, 0.25) is 0 Å². The fourth-order valence-corrected chi connectivity index (χ4v) is 3.19. The Bertz CT molecular complexity index is 653. The summed E-state index contributed by atoms with van der Waals surface area (Å²) in [6.07, 6.45) is 6.92. The normalized spacial score (nSPS) is 11.2. The molecule has 1 aromatic heterocycles. The summed E-state index contributed by atoms with van der Waals surface area (Å²) in [7, 11) is 1.71. The number of pyridine rings is 1. The Morgan fingerprint density at radius 3 is 2.60 bits per heavy atom. The Hall–Kier alpha value is -1.81. The molecule has 4 nitrogen and oxygen atoms in total. The second kappa shape index (κ2) is 10.2. The van der Waals surface area contributed by atoms with E-state index in [1.54, 1.807) is 7.11 Å². The number of aromatic nitrogens is 1. The van der Waals surface area contributed by atoms with Gasteiger partial charge in [0.15, 0.2) is 0 Å². The summed E-state index contributed by atoms with van der Waals surface area (Å²) in [5.41, 5.74) is 3.33. The number of nitrogens with one attached hydrogen (secondary N) is 1. The van der Waals surface area contributed by atoms with E-state index in [0.717, 1.165) is 42.0 Å². The van der Waals surface area contributed by atoms with E-state index in [2.05, 4.69) is 48.1 Å². The third-order valence-corrected chi connectivity index (χ3v) is 4.88. The van der Waals surface area contributed by atoms with Crippen molar-refractivity contribution in [2.75, 3.05) is 38.6 Å². The highest BCUT2D eigenvalue weighted by atomic mass is 16.6. The van der Waals surface area contributed by atoms with Gasteiger partial charge in [-0.05, 0) is 57.1 Å². The molecule has 0 unspecified atom stereocenters. The van der Waals surface area contributed by atoms with Crippen molar-refractivity contribution in [2.24, 2.45) is 0 Å². The van der Waals surface area contributed by atoms with Crippen LogP contribution in [0, 0.1) is 6.92 Å². The number of hydrogen-bond donors (Lipinski definition) is 1. The molecular formula is C21H33N3O. The topological polar surface area (TPSA) is 37.4 Å². The van der Waals surface area contributed by atoms with Gasteiger partial charge in [0, 0.05) is 24.2 Å². The third-order valence-electron chi connectivity index (χ3n) is 4.88. The van der Waals surface area contributed by atoms with Gasteiger partial charge < -0.3 is 15.0 Å². The number of nitrogens with zero attached hydrogens (tertiary/aromatic N) is 2.